The minimum Gasteiger partial charge on any atom is -0.343 e. The van der Waals surface area contributed by atoms with Crippen LogP contribution in [0.4, 0.5) is 35.1 Å². The molecule has 0 spiro atoms. The summed E-state index contributed by atoms with van der Waals surface area (Å²) in [5.74, 6) is -0.697. The highest BCUT2D eigenvalue weighted by atomic mass is 32.2. The van der Waals surface area contributed by atoms with E-state index < -0.39 is 50.5 Å². The fraction of sp³-hybridized carbons (Fsp3) is 0.381. The van der Waals surface area contributed by atoms with Gasteiger partial charge < -0.3 is 4.90 Å². The Morgan fingerprint density at radius 3 is 1.94 bits per heavy atom. The van der Waals surface area contributed by atoms with Gasteiger partial charge in [-0.25, -0.2) is 17.2 Å². The molecule has 0 radical (unpaired) electrons. The zero-order valence-electron chi connectivity index (χ0n) is 17.3. The number of aryl methyl sites for hydroxylation is 1. The number of hydrogen-bond acceptors (Lipinski definition) is 3. The van der Waals surface area contributed by atoms with Crippen LogP contribution in [-0.4, -0.2) is 45.2 Å². The highest BCUT2D eigenvalue weighted by Gasteiger charge is 2.73. The van der Waals surface area contributed by atoms with Gasteiger partial charge in [-0.05, 0) is 42.7 Å². The first kappa shape index (κ1) is 25.9. The lowest BCUT2D eigenvalue weighted by molar-refractivity contribution is -0.348. The number of amides is 1. The van der Waals surface area contributed by atoms with Crippen LogP contribution in [0.15, 0.2) is 47.4 Å². The van der Waals surface area contributed by atoms with E-state index in [0.717, 1.165) is 23.1 Å². The summed E-state index contributed by atoms with van der Waals surface area (Å²) in [5, 5.41) is 0. The Labute approximate surface area is 189 Å². The van der Waals surface area contributed by atoms with E-state index in [-0.39, 0.29) is 41.1 Å². The third kappa shape index (κ3) is 3.83. The fourth-order valence-corrected chi connectivity index (χ4v) is 6.18. The molecule has 2 aromatic carbocycles. The molecule has 13 heteroatoms. The van der Waals surface area contributed by atoms with Crippen molar-refractivity contribution < 1.29 is 48.3 Å². The predicted octanol–water partition coefficient (Wildman–Crippen LogP) is 4.95. The molecule has 1 aliphatic rings. The number of likely N-dealkylation sites (tertiary alicyclic amines) is 1. The largest absolute Gasteiger partial charge is 0.435 e. The molecule has 1 aliphatic heterocycles. The Bertz CT molecular complexity index is 1180. The van der Waals surface area contributed by atoms with Gasteiger partial charge in [-0.2, -0.15) is 26.3 Å². The first-order valence-corrected chi connectivity index (χ1v) is 11.1. The number of alkyl halides is 7. The standard InChI is InChI=1S/C21H17F8NO3S/c1-13-10-16(6-7-17(13)22)34(32,33)18(8-9-30(11-18)12-31)14-2-4-15(5-3-14)19(23,20(24,25)26)21(27,28)29/h2-7,10,12H,8-9,11H2,1H3. The average Bonchev–Trinajstić information content (AvgIpc) is 3.20. The van der Waals surface area contributed by atoms with Gasteiger partial charge in [0.15, 0.2) is 9.84 Å². The summed E-state index contributed by atoms with van der Waals surface area (Å²) in [6.07, 6.45) is -12.6. The van der Waals surface area contributed by atoms with Crippen molar-refractivity contribution >= 4 is 16.2 Å². The minimum atomic E-state index is -6.33. The summed E-state index contributed by atoms with van der Waals surface area (Å²) in [4.78, 5) is 12.0. The third-order valence-electron chi connectivity index (χ3n) is 5.95. The lowest BCUT2D eigenvalue weighted by Crippen LogP contribution is -2.50. The number of rotatable bonds is 5. The molecule has 1 saturated heterocycles. The maximum atomic E-state index is 14.4. The number of benzene rings is 2. The van der Waals surface area contributed by atoms with Crippen molar-refractivity contribution in [3.8, 4) is 0 Å². The highest BCUT2D eigenvalue weighted by molar-refractivity contribution is 7.92. The van der Waals surface area contributed by atoms with Crippen molar-refractivity contribution in [1.82, 2.24) is 4.90 Å². The summed E-state index contributed by atoms with van der Waals surface area (Å²) in [6.45, 7) is 0.758. The molecule has 1 amide bonds. The van der Waals surface area contributed by atoms with Gasteiger partial charge in [-0.3, -0.25) is 4.79 Å². The van der Waals surface area contributed by atoms with Gasteiger partial charge in [-0.1, -0.05) is 24.3 Å². The van der Waals surface area contributed by atoms with Gasteiger partial charge in [0.25, 0.3) is 0 Å². The van der Waals surface area contributed by atoms with Crippen molar-refractivity contribution in [1.29, 1.82) is 0 Å². The Kier molecular flexibility index (Phi) is 6.25. The lowest BCUT2D eigenvalue weighted by Gasteiger charge is -2.32. The van der Waals surface area contributed by atoms with Crippen molar-refractivity contribution in [2.75, 3.05) is 13.1 Å². The molecule has 1 unspecified atom stereocenters. The smallest absolute Gasteiger partial charge is 0.343 e. The monoisotopic (exact) mass is 515 g/mol. The number of carbonyl (C=O) groups is 1. The number of halogens is 8. The van der Waals surface area contributed by atoms with Crippen LogP contribution in [0.25, 0.3) is 0 Å². The maximum Gasteiger partial charge on any atom is 0.435 e. The van der Waals surface area contributed by atoms with Gasteiger partial charge in [0, 0.05) is 18.7 Å². The molecule has 3 rings (SSSR count). The van der Waals surface area contributed by atoms with Crippen LogP contribution in [-0.2, 0) is 25.0 Å². The zero-order chi connectivity index (χ0) is 25.7. The second-order valence-electron chi connectivity index (χ2n) is 7.97. The number of sulfone groups is 1. The van der Waals surface area contributed by atoms with Crippen molar-refractivity contribution in [3.05, 3.63) is 65.0 Å². The molecule has 4 nitrogen and oxygen atoms in total. The Morgan fingerprint density at radius 2 is 1.50 bits per heavy atom. The lowest BCUT2D eigenvalue weighted by atomic mass is 9.90. The quantitative estimate of drug-likeness (QED) is 0.322. The molecule has 0 N–H and O–H groups in total. The van der Waals surface area contributed by atoms with E-state index in [1.807, 2.05) is 0 Å². The molecule has 1 fully saturated rings. The predicted molar refractivity (Wildman–Crippen MR) is 104 cm³/mol. The molecule has 186 valence electrons. The average molecular weight is 515 g/mol. The van der Waals surface area contributed by atoms with Gasteiger partial charge >= 0.3 is 18.0 Å². The normalized spacial score (nSPS) is 20.0. The van der Waals surface area contributed by atoms with E-state index in [9.17, 15) is 48.3 Å². The number of nitrogens with zero attached hydrogens (tertiary/aromatic N) is 1. The van der Waals surface area contributed by atoms with Gasteiger partial charge in [-0.15, -0.1) is 0 Å². The second kappa shape index (κ2) is 8.21. The molecule has 0 saturated carbocycles. The SMILES string of the molecule is Cc1cc(S(=O)(=O)C2(c3ccc(C(F)(C(F)(F)F)C(F)(F)F)cc3)CCN(C=O)C2)ccc1F. The highest BCUT2D eigenvalue weighted by Crippen LogP contribution is 2.53. The topological polar surface area (TPSA) is 54.5 Å². The minimum absolute atomic E-state index is 0.0191. The van der Waals surface area contributed by atoms with E-state index >= 15 is 0 Å². The Balaban J connectivity index is 2.18. The molecular weight excluding hydrogens is 498 g/mol. The fourth-order valence-electron chi connectivity index (χ4n) is 4.01. The van der Waals surface area contributed by atoms with Gasteiger partial charge in [0.2, 0.25) is 6.41 Å². The van der Waals surface area contributed by atoms with Crippen LogP contribution in [0.2, 0.25) is 0 Å². The van der Waals surface area contributed by atoms with Crippen LogP contribution >= 0.6 is 0 Å². The van der Waals surface area contributed by atoms with Gasteiger partial charge in [0.05, 0.1) is 4.90 Å². The van der Waals surface area contributed by atoms with E-state index in [1.165, 1.54) is 6.92 Å². The van der Waals surface area contributed by atoms with E-state index in [1.54, 1.807) is 0 Å². The van der Waals surface area contributed by atoms with Crippen molar-refractivity contribution in [2.24, 2.45) is 0 Å². The maximum absolute atomic E-state index is 14.4. The molecule has 2 aromatic rings. The summed E-state index contributed by atoms with van der Waals surface area (Å²) in [7, 11) is -4.45. The summed E-state index contributed by atoms with van der Waals surface area (Å²) in [5.41, 5.74) is -7.71. The van der Waals surface area contributed by atoms with Crippen LogP contribution < -0.4 is 0 Å². The molecule has 0 aromatic heterocycles. The Hall–Kier alpha value is -2.70. The Morgan fingerprint density at radius 1 is 0.941 bits per heavy atom. The number of hydrogen-bond donors (Lipinski definition) is 0. The molecular formula is C21H17F8NO3S. The van der Waals surface area contributed by atoms with Crippen LogP contribution in [0.3, 0.4) is 0 Å². The number of carbonyl (C=O) groups excluding carboxylic acids is 1. The van der Waals surface area contributed by atoms with Crippen LogP contribution in [0.1, 0.15) is 23.1 Å². The third-order valence-corrected chi connectivity index (χ3v) is 8.43. The van der Waals surface area contributed by atoms with Crippen LogP contribution in [0.5, 0.6) is 0 Å². The summed E-state index contributed by atoms with van der Waals surface area (Å²) < 4.78 is 132. The molecule has 1 atom stereocenters. The van der Waals surface area contributed by atoms with Crippen molar-refractivity contribution in [2.45, 2.75) is 41.0 Å². The van der Waals surface area contributed by atoms with Gasteiger partial charge in [0.1, 0.15) is 10.6 Å². The summed E-state index contributed by atoms with van der Waals surface area (Å²) >= 11 is 0. The van der Waals surface area contributed by atoms with Crippen LogP contribution in [0, 0.1) is 12.7 Å². The first-order chi connectivity index (χ1) is 15.5. The second-order valence-corrected chi connectivity index (χ2v) is 10.2. The van der Waals surface area contributed by atoms with E-state index in [0.29, 0.717) is 18.5 Å². The summed E-state index contributed by atoms with van der Waals surface area (Å²) in [6, 6.07) is 4.70. The molecule has 34 heavy (non-hydrogen) atoms. The first-order valence-electron chi connectivity index (χ1n) is 9.65. The molecule has 0 bridgehead atoms. The zero-order valence-corrected chi connectivity index (χ0v) is 18.2. The molecule has 1 heterocycles. The van der Waals surface area contributed by atoms with Crippen molar-refractivity contribution in [3.63, 3.8) is 0 Å². The van der Waals surface area contributed by atoms with E-state index in [2.05, 4.69) is 0 Å². The van der Waals surface area contributed by atoms with E-state index in [4.69, 9.17) is 0 Å². The molecule has 0 aliphatic carbocycles.